The molecule has 0 aliphatic rings. The summed E-state index contributed by atoms with van der Waals surface area (Å²) in [6.45, 7) is 13.6. The van der Waals surface area contributed by atoms with Crippen molar-refractivity contribution < 1.29 is 0 Å². The van der Waals surface area contributed by atoms with Crippen molar-refractivity contribution >= 4 is 22.8 Å². The van der Waals surface area contributed by atoms with Crippen molar-refractivity contribution in [3.05, 3.63) is 70.8 Å². The van der Waals surface area contributed by atoms with Gasteiger partial charge in [0, 0.05) is 0 Å². The zero-order valence-corrected chi connectivity index (χ0v) is 33.9. The van der Waals surface area contributed by atoms with Gasteiger partial charge in [0.1, 0.15) is 0 Å². The molecule has 2 nitrogen and oxygen atoms in total. The Morgan fingerprint density at radius 3 is 1.14 bits per heavy atom. The van der Waals surface area contributed by atoms with Gasteiger partial charge in [0.15, 0.2) is 0 Å². The first-order valence-corrected chi connectivity index (χ1v) is 21.6. The van der Waals surface area contributed by atoms with Crippen LogP contribution in [0.1, 0.15) is 205 Å². The van der Waals surface area contributed by atoms with E-state index in [9.17, 15) is 0 Å². The summed E-state index contributed by atoms with van der Waals surface area (Å²) in [4.78, 5) is 10.6. The Labute approximate surface area is 311 Å². The summed E-state index contributed by atoms with van der Waals surface area (Å²) >= 11 is 0. The molecule has 2 aromatic carbocycles. The van der Waals surface area contributed by atoms with Crippen molar-refractivity contribution in [2.45, 2.75) is 208 Å². The van der Waals surface area contributed by atoms with Gasteiger partial charge in [0.2, 0.25) is 0 Å². The zero-order chi connectivity index (χ0) is 36.1. The van der Waals surface area contributed by atoms with Gasteiger partial charge in [-0.2, -0.15) is 0 Å². The van der Waals surface area contributed by atoms with E-state index in [0.29, 0.717) is 0 Å². The number of nitrogens with zero attached hydrogens (tertiary/aromatic N) is 2. The van der Waals surface area contributed by atoms with E-state index in [1.54, 1.807) is 0 Å². The van der Waals surface area contributed by atoms with E-state index in [-0.39, 0.29) is 0 Å². The lowest BCUT2D eigenvalue weighted by Gasteiger charge is -2.10. The summed E-state index contributed by atoms with van der Waals surface area (Å²) in [5.74, 6) is 0. The Morgan fingerprint density at radius 2 is 0.760 bits per heavy atom. The molecule has 0 N–H and O–H groups in total. The first-order chi connectivity index (χ1) is 24.5. The van der Waals surface area contributed by atoms with Gasteiger partial charge in [-0.25, -0.2) is 4.99 Å². The molecular weight excluding hydrogens is 605 g/mol. The molecule has 0 aliphatic carbocycles. The molecule has 280 valence electrons. The maximum absolute atomic E-state index is 5.34. The van der Waals surface area contributed by atoms with Crippen molar-refractivity contribution in [2.75, 3.05) is 0 Å². The van der Waals surface area contributed by atoms with Crippen molar-refractivity contribution in [1.82, 2.24) is 0 Å². The van der Waals surface area contributed by atoms with Gasteiger partial charge >= 0.3 is 0 Å². The molecule has 0 heterocycles. The van der Waals surface area contributed by atoms with Gasteiger partial charge in [-0.1, -0.05) is 156 Å². The summed E-state index contributed by atoms with van der Waals surface area (Å²) in [5.41, 5.74) is 9.87. The SMILES string of the molecule is CCCCCCCCCCCCCCCC=CC(=Nc1cc(CCCC)cc(CCCC)c1)C(C)=Nc1cc(CCCC)cc(CCCC)c1. The number of hydrogen-bond acceptors (Lipinski definition) is 2. The second kappa shape index (κ2) is 29.1. The molecule has 0 unspecified atom stereocenters. The van der Waals surface area contributed by atoms with Crippen LogP contribution >= 0.6 is 0 Å². The number of allylic oxidation sites excluding steroid dienone is 2. The maximum Gasteiger partial charge on any atom is 0.0845 e. The van der Waals surface area contributed by atoms with Gasteiger partial charge < -0.3 is 0 Å². The minimum Gasteiger partial charge on any atom is -0.251 e. The number of aliphatic imine (C=N–C) groups is 2. The number of rotatable bonds is 30. The van der Waals surface area contributed by atoms with Crippen LogP contribution in [-0.4, -0.2) is 11.4 Å². The first-order valence-electron chi connectivity index (χ1n) is 21.6. The number of unbranched alkanes of at least 4 members (excludes halogenated alkanes) is 17. The lowest BCUT2D eigenvalue weighted by atomic mass is 10.0. The molecule has 0 bridgehead atoms. The standard InChI is InChI=1S/C48H78N2/c1-7-12-17-18-19-20-21-22-23-24-25-26-27-28-29-34-48(50-47-39-44(32-15-10-4)36-45(40-47)33-16-11-5)41(6)49-46-37-42(30-13-8-2)35-43(38-46)31-14-9-3/h29,34-40H,7-28,30-33H2,1-6H3. The summed E-state index contributed by atoms with van der Waals surface area (Å²) in [6, 6.07) is 14.1. The van der Waals surface area contributed by atoms with Crippen LogP contribution in [0, 0.1) is 0 Å². The lowest BCUT2D eigenvalue weighted by Crippen LogP contribution is -2.07. The summed E-state index contributed by atoms with van der Waals surface area (Å²) in [6.07, 6.45) is 38.1. The van der Waals surface area contributed by atoms with Gasteiger partial charge in [-0.05, 0) is 124 Å². The third-order valence-electron chi connectivity index (χ3n) is 10.0. The number of benzene rings is 2. The van der Waals surface area contributed by atoms with Crippen LogP contribution in [0.15, 0.2) is 58.5 Å². The molecule has 2 aromatic rings. The van der Waals surface area contributed by atoms with E-state index in [1.165, 1.54) is 157 Å². The van der Waals surface area contributed by atoms with Gasteiger partial charge in [-0.15, -0.1) is 0 Å². The third kappa shape index (κ3) is 20.4. The third-order valence-corrected chi connectivity index (χ3v) is 10.0. The molecule has 0 aromatic heterocycles. The lowest BCUT2D eigenvalue weighted by molar-refractivity contribution is 0.540. The van der Waals surface area contributed by atoms with Crippen LogP contribution in [-0.2, 0) is 25.7 Å². The van der Waals surface area contributed by atoms with Crippen LogP contribution < -0.4 is 0 Å². The Hall–Kier alpha value is -2.48. The van der Waals surface area contributed by atoms with E-state index in [2.05, 4.69) is 90.1 Å². The predicted molar refractivity (Wildman–Crippen MR) is 227 cm³/mol. The first kappa shape index (κ1) is 43.7. The summed E-state index contributed by atoms with van der Waals surface area (Å²) in [7, 11) is 0. The summed E-state index contributed by atoms with van der Waals surface area (Å²) in [5, 5.41) is 0. The molecule has 0 saturated carbocycles. The van der Waals surface area contributed by atoms with Crippen molar-refractivity contribution in [1.29, 1.82) is 0 Å². The highest BCUT2D eigenvalue weighted by molar-refractivity contribution is 6.46. The van der Waals surface area contributed by atoms with E-state index in [1.807, 2.05) is 0 Å². The van der Waals surface area contributed by atoms with Crippen LogP contribution in [0.2, 0.25) is 0 Å². The highest BCUT2D eigenvalue weighted by Gasteiger charge is 2.08. The molecule has 0 atom stereocenters. The highest BCUT2D eigenvalue weighted by atomic mass is 14.8. The average molecular weight is 683 g/mol. The van der Waals surface area contributed by atoms with E-state index < -0.39 is 0 Å². The normalized spacial score (nSPS) is 12.4. The minimum atomic E-state index is 1.00. The van der Waals surface area contributed by atoms with E-state index in [0.717, 1.165) is 54.9 Å². The summed E-state index contributed by atoms with van der Waals surface area (Å²) < 4.78 is 0. The Kier molecular flexibility index (Phi) is 25.5. The molecule has 2 rings (SSSR count). The van der Waals surface area contributed by atoms with Crippen molar-refractivity contribution in [3.8, 4) is 0 Å². The monoisotopic (exact) mass is 683 g/mol. The molecule has 50 heavy (non-hydrogen) atoms. The fourth-order valence-electron chi connectivity index (χ4n) is 6.82. The molecule has 0 aliphatic heterocycles. The van der Waals surface area contributed by atoms with Crippen molar-refractivity contribution in [2.24, 2.45) is 9.98 Å². The van der Waals surface area contributed by atoms with Crippen LogP contribution in [0.4, 0.5) is 11.4 Å². The van der Waals surface area contributed by atoms with Gasteiger partial charge in [-0.3, -0.25) is 4.99 Å². The molecule has 0 saturated heterocycles. The fourth-order valence-corrected chi connectivity index (χ4v) is 6.82. The molecule has 0 spiro atoms. The second-order valence-corrected chi connectivity index (χ2v) is 15.1. The molecule has 0 fully saturated rings. The van der Waals surface area contributed by atoms with Crippen LogP contribution in [0.25, 0.3) is 0 Å². The Bertz CT molecular complexity index is 1180. The predicted octanol–water partition coefficient (Wildman–Crippen LogP) is 16.0. The fraction of sp³-hybridized carbons (Fsp3) is 0.667. The Balaban J connectivity index is 2.18. The number of aryl methyl sites for hydroxylation is 4. The van der Waals surface area contributed by atoms with E-state index >= 15 is 0 Å². The minimum absolute atomic E-state index is 1.00. The maximum atomic E-state index is 5.34. The Morgan fingerprint density at radius 1 is 0.420 bits per heavy atom. The quantitative estimate of drug-likeness (QED) is 0.0579. The smallest absolute Gasteiger partial charge is 0.0845 e. The van der Waals surface area contributed by atoms with Gasteiger partial charge in [0.25, 0.3) is 0 Å². The topological polar surface area (TPSA) is 24.7 Å². The van der Waals surface area contributed by atoms with Gasteiger partial charge in [0.05, 0.1) is 22.8 Å². The molecule has 0 radical (unpaired) electrons. The highest BCUT2D eigenvalue weighted by Crippen LogP contribution is 2.24. The zero-order valence-electron chi connectivity index (χ0n) is 33.9. The molecule has 2 heteroatoms. The van der Waals surface area contributed by atoms with Crippen LogP contribution in [0.5, 0.6) is 0 Å². The van der Waals surface area contributed by atoms with Crippen molar-refractivity contribution in [3.63, 3.8) is 0 Å². The van der Waals surface area contributed by atoms with E-state index in [4.69, 9.17) is 9.98 Å². The number of hydrogen-bond donors (Lipinski definition) is 0. The molecule has 0 amide bonds. The largest absolute Gasteiger partial charge is 0.251 e. The average Bonchev–Trinajstić information content (AvgIpc) is 3.12. The van der Waals surface area contributed by atoms with Crippen LogP contribution in [0.3, 0.4) is 0 Å². The molecular formula is C48H78N2. The second-order valence-electron chi connectivity index (χ2n) is 15.1.